The van der Waals surface area contributed by atoms with Crippen molar-refractivity contribution in [3.05, 3.63) is 35.4 Å². The van der Waals surface area contributed by atoms with Crippen LogP contribution in [0.15, 0.2) is 18.2 Å². The summed E-state index contributed by atoms with van der Waals surface area (Å²) >= 11 is 0. The molecule has 0 heterocycles. The highest BCUT2D eigenvalue weighted by atomic mass is 19.1. The number of benzene rings is 1. The summed E-state index contributed by atoms with van der Waals surface area (Å²) in [5.41, 5.74) is 0.119. The normalized spacial score (nSPS) is 11.7. The smallest absolute Gasteiger partial charge is 0.317 e. The van der Waals surface area contributed by atoms with Crippen molar-refractivity contribution in [2.45, 2.75) is 32.2 Å². The molecule has 0 aromatic heterocycles. The molecule has 0 bridgehead atoms. The molecule has 7 heteroatoms. The van der Waals surface area contributed by atoms with Crippen molar-refractivity contribution in [3.63, 3.8) is 0 Å². The third-order valence-corrected chi connectivity index (χ3v) is 3.62. The van der Waals surface area contributed by atoms with Crippen molar-refractivity contribution in [2.75, 3.05) is 20.7 Å². The maximum atomic E-state index is 13.7. The first kappa shape index (κ1) is 18.9. The molecule has 0 aliphatic heterocycles. The summed E-state index contributed by atoms with van der Waals surface area (Å²) in [5.74, 6) is -1.40. The van der Waals surface area contributed by atoms with E-state index in [1.54, 1.807) is 6.92 Å². The van der Waals surface area contributed by atoms with Crippen molar-refractivity contribution < 1.29 is 23.1 Å². The number of carbonyl (C=O) groups is 2. The summed E-state index contributed by atoms with van der Waals surface area (Å²) in [6, 6.07) is 2.16. The highest BCUT2D eigenvalue weighted by Gasteiger charge is 2.20. The van der Waals surface area contributed by atoms with Gasteiger partial charge in [-0.15, -0.1) is 0 Å². The van der Waals surface area contributed by atoms with Crippen LogP contribution in [0.1, 0.15) is 37.8 Å². The number of hydrogen-bond acceptors (Lipinski definition) is 3. The zero-order valence-corrected chi connectivity index (χ0v) is 13.6. The Balaban J connectivity index is 2.46. The number of unbranched alkanes of at least 4 members (excludes halogenated alkanes) is 1. The number of ether oxygens (including phenoxy) is 1. The second kappa shape index (κ2) is 9.07. The topological polar surface area (TPSA) is 58.6 Å². The fourth-order valence-corrected chi connectivity index (χ4v) is 2.04. The average molecular weight is 328 g/mol. The van der Waals surface area contributed by atoms with Gasteiger partial charge in [0, 0.05) is 25.6 Å². The highest BCUT2D eigenvalue weighted by molar-refractivity contribution is 5.74. The van der Waals surface area contributed by atoms with Gasteiger partial charge in [0.2, 0.25) is 0 Å². The molecule has 2 amide bonds. The van der Waals surface area contributed by atoms with Gasteiger partial charge in [-0.2, -0.15) is 0 Å². The number of carbonyl (C=O) groups excluding carboxylic acids is 2. The molecular weight excluding hydrogens is 306 g/mol. The van der Waals surface area contributed by atoms with E-state index in [4.69, 9.17) is 0 Å². The third-order valence-electron chi connectivity index (χ3n) is 3.62. The Labute approximate surface area is 134 Å². The molecular formula is C16H22F2N2O3. The lowest BCUT2D eigenvalue weighted by Crippen LogP contribution is -2.39. The van der Waals surface area contributed by atoms with E-state index >= 15 is 0 Å². The van der Waals surface area contributed by atoms with Gasteiger partial charge in [0.05, 0.1) is 13.2 Å². The molecule has 0 spiro atoms. The SMILES string of the molecule is COC(=O)CCCCNC(=O)N(C)C(C)c1cc(F)ccc1F. The van der Waals surface area contributed by atoms with Gasteiger partial charge in [-0.3, -0.25) is 4.79 Å². The molecule has 0 saturated heterocycles. The number of urea groups is 1. The van der Waals surface area contributed by atoms with E-state index < -0.39 is 17.7 Å². The average Bonchev–Trinajstić information content (AvgIpc) is 2.54. The van der Waals surface area contributed by atoms with E-state index in [2.05, 4.69) is 10.1 Å². The van der Waals surface area contributed by atoms with Gasteiger partial charge < -0.3 is 15.0 Å². The molecule has 1 aromatic rings. The van der Waals surface area contributed by atoms with Crippen LogP contribution in [-0.4, -0.2) is 37.6 Å². The van der Waals surface area contributed by atoms with E-state index in [9.17, 15) is 18.4 Å². The minimum Gasteiger partial charge on any atom is -0.469 e. The Morgan fingerprint density at radius 1 is 1.30 bits per heavy atom. The summed E-state index contributed by atoms with van der Waals surface area (Å²) in [4.78, 5) is 24.3. The van der Waals surface area contributed by atoms with Crippen molar-refractivity contribution in [1.29, 1.82) is 0 Å². The lowest BCUT2D eigenvalue weighted by Gasteiger charge is -2.26. The summed E-state index contributed by atoms with van der Waals surface area (Å²) in [6.07, 6.45) is 1.52. The largest absolute Gasteiger partial charge is 0.469 e. The molecule has 0 aliphatic carbocycles. The van der Waals surface area contributed by atoms with Crippen LogP contribution >= 0.6 is 0 Å². The molecule has 1 rings (SSSR count). The van der Waals surface area contributed by atoms with Gasteiger partial charge in [0.15, 0.2) is 0 Å². The summed E-state index contributed by atoms with van der Waals surface area (Å²) in [6.45, 7) is 2.01. The van der Waals surface area contributed by atoms with Crippen molar-refractivity contribution in [3.8, 4) is 0 Å². The first-order valence-electron chi connectivity index (χ1n) is 7.39. The first-order chi connectivity index (χ1) is 10.9. The van der Waals surface area contributed by atoms with Gasteiger partial charge in [-0.25, -0.2) is 13.6 Å². The summed E-state index contributed by atoms with van der Waals surface area (Å²) in [7, 11) is 2.84. The quantitative estimate of drug-likeness (QED) is 0.618. The van der Waals surface area contributed by atoms with Crippen LogP contribution in [0, 0.1) is 11.6 Å². The van der Waals surface area contributed by atoms with Crippen molar-refractivity contribution in [1.82, 2.24) is 10.2 Å². The summed E-state index contributed by atoms with van der Waals surface area (Å²) in [5, 5.41) is 2.68. The molecule has 128 valence electrons. The van der Waals surface area contributed by atoms with E-state index in [1.165, 1.54) is 19.1 Å². The van der Waals surface area contributed by atoms with Crippen LogP contribution in [0.3, 0.4) is 0 Å². The standard InChI is InChI=1S/C16H22F2N2O3/c1-11(13-10-12(17)7-8-14(13)18)20(2)16(22)19-9-5-4-6-15(21)23-3/h7-8,10-11H,4-6,9H2,1-3H3,(H,19,22). The van der Waals surface area contributed by atoms with Crippen LogP contribution in [-0.2, 0) is 9.53 Å². The van der Waals surface area contributed by atoms with Crippen LogP contribution in [0.4, 0.5) is 13.6 Å². The molecule has 0 radical (unpaired) electrons. The van der Waals surface area contributed by atoms with Crippen LogP contribution in [0.25, 0.3) is 0 Å². The zero-order chi connectivity index (χ0) is 17.4. The minimum absolute atomic E-state index is 0.119. The molecule has 1 aromatic carbocycles. The number of esters is 1. The molecule has 0 saturated carbocycles. The lowest BCUT2D eigenvalue weighted by molar-refractivity contribution is -0.140. The maximum Gasteiger partial charge on any atom is 0.317 e. The van der Waals surface area contributed by atoms with E-state index in [-0.39, 0.29) is 17.6 Å². The molecule has 5 nitrogen and oxygen atoms in total. The fourth-order valence-electron chi connectivity index (χ4n) is 2.04. The Hall–Kier alpha value is -2.18. The predicted molar refractivity (Wildman–Crippen MR) is 81.8 cm³/mol. The van der Waals surface area contributed by atoms with Gasteiger partial charge >= 0.3 is 12.0 Å². The zero-order valence-electron chi connectivity index (χ0n) is 13.6. The molecule has 0 fully saturated rings. The number of nitrogens with one attached hydrogen (secondary N) is 1. The molecule has 1 unspecified atom stereocenters. The first-order valence-corrected chi connectivity index (χ1v) is 7.39. The van der Waals surface area contributed by atoms with Crippen molar-refractivity contribution >= 4 is 12.0 Å². The minimum atomic E-state index is -0.610. The van der Waals surface area contributed by atoms with Crippen LogP contribution in [0.2, 0.25) is 0 Å². The fraction of sp³-hybridized carbons (Fsp3) is 0.500. The molecule has 1 N–H and O–H groups in total. The number of halogens is 2. The van der Waals surface area contributed by atoms with Gasteiger partial charge in [0.1, 0.15) is 11.6 Å². The van der Waals surface area contributed by atoms with E-state index in [0.717, 1.165) is 18.2 Å². The van der Waals surface area contributed by atoms with Gasteiger partial charge in [-0.1, -0.05) is 0 Å². The Kier molecular flexibility index (Phi) is 7.44. The second-order valence-corrected chi connectivity index (χ2v) is 5.22. The Bertz CT molecular complexity index is 552. The number of nitrogens with zero attached hydrogens (tertiary/aromatic N) is 1. The van der Waals surface area contributed by atoms with E-state index in [1.807, 2.05) is 0 Å². The Morgan fingerprint density at radius 2 is 2.00 bits per heavy atom. The van der Waals surface area contributed by atoms with Crippen molar-refractivity contribution in [2.24, 2.45) is 0 Å². The number of amides is 2. The van der Waals surface area contributed by atoms with E-state index in [0.29, 0.717) is 25.8 Å². The lowest BCUT2D eigenvalue weighted by atomic mass is 10.1. The monoisotopic (exact) mass is 328 g/mol. The number of methoxy groups -OCH3 is 1. The molecule has 0 aliphatic rings. The van der Waals surface area contributed by atoms with Crippen LogP contribution < -0.4 is 5.32 Å². The second-order valence-electron chi connectivity index (χ2n) is 5.22. The summed E-state index contributed by atoms with van der Waals surface area (Å²) < 4.78 is 31.5. The molecule has 23 heavy (non-hydrogen) atoms. The third kappa shape index (κ3) is 5.84. The highest BCUT2D eigenvalue weighted by Crippen LogP contribution is 2.22. The Morgan fingerprint density at radius 3 is 2.65 bits per heavy atom. The van der Waals surface area contributed by atoms with Gasteiger partial charge in [0.25, 0.3) is 0 Å². The predicted octanol–water partition coefficient (Wildman–Crippen LogP) is 3.01. The maximum absolute atomic E-state index is 13.7. The number of hydrogen-bond donors (Lipinski definition) is 1. The van der Waals surface area contributed by atoms with Gasteiger partial charge in [-0.05, 0) is 38.0 Å². The molecule has 1 atom stereocenters. The number of rotatable bonds is 7. The van der Waals surface area contributed by atoms with Crippen LogP contribution in [0.5, 0.6) is 0 Å².